The summed E-state index contributed by atoms with van der Waals surface area (Å²) in [5.41, 5.74) is 1.81. The Hall–Kier alpha value is -0.740. The maximum absolute atomic E-state index is 12.8. The van der Waals surface area contributed by atoms with Crippen LogP contribution in [0.4, 0.5) is 4.39 Å². The lowest BCUT2D eigenvalue weighted by Gasteiger charge is -2.00. The highest BCUT2D eigenvalue weighted by atomic mass is 79.9. The summed E-state index contributed by atoms with van der Waals surface area (Å²) in [4.78, 5) is 4.34. The third-order valence-electron chi connectivity index (χ3n) is 1.83. The number of nitrogens with zero attached hydrogens (tertiary/aromatic N) is 1. The Balaban J connectivity index is 2.52. The van der Waals surface area contributed by atoms with Crippen molar-refractivity contribution in [3.05, 3.63) is 38.9 Å². The van der Waals surface area contributed by atoms with Gasteiger partial charge in [0.2, 0.25) is 0 Å². The molecule has 0 atom stereocenters. The van der Waals surface area contributed by atoms with E-state index in [-0.39, 0.29) is 5.82 Å². The van der Waals surface area contributed by atoms with Crippen molar-refractivity contribution < 1.29 is 4.39 Å². The fourth-order valence-electron chi connectivity index (χ4n) is 1.18. The Morgan fingerprint density at radius 2 is 2.21 bits per heavy atom. The first-order valence-corrected chi connectivity index (χ1v) is 5.71. The largest absolute Gasteiger partial charge is 0.242 e. The van der Waals surface area contributed by atoms with Gasteiger partial charge in [-0.15, -0.1) is 11.3 Å². The molecule has 0 aliphatic rings. The zero-order valence-corrected chi connectivity index (χ0v) is 9.82. The molecular weight excluding hydrogens is 265 g/mol. The highest BCUT2D eigenvalue weighted by molar-refractivity contribution is 9.10. The van der Waals surface area contributed by atoms with Gasteiger partial charge >= 0.3 is 0 Å². The number of hydrogen-bond acceptors (Lipinski definition) is 2. The second-order valence-corrected chi connectivity index (χ2v) is 4.79. The molecule has 0 spiro atoms. The minimum absolute atomic E-state index is 0.243. The second kappa shape index (κ2) is 3.79. The van der Waals surface area contributed by atoms with Crippen LogP contribution in [0.3, 0.4) is 0 Å². The molecule has 14 heavy (non-hydrogen) atoms. The molecule has 2 aromatic rings. The molecule has 0 amide bonds. The Morgan fingerprint density at radius 1 is 1.43 bits per heavy atom. The Labute approximate surface area is 93.7 Å². The summed E-state index contributed by atoms with van der Waals surface area (Å²) in [6.07, 6.45) is 0. The molecule has 4 heteroatoms. The molecular formula is C10H7BrFNS. The van der Waals surface area contributed by atoms with Crippen molar-refractivity contribution in [3.63, 3.8) is 0 Å². The van der Waals surface area contributed by atoms with E-state index in [1.54, 1.807) is 17.4 Å². The van der Waals surface area contributed by atoms with Crippen molar-refractivity contribution in [2.24, 2.45) is 0 Å². The number of aryl methyl sites for hydroxylation is 1. The van der Waals surface area contributed by atoms with E-state index in [9.17, 15) is 4.39 Å². The summed E-state index contributed by atoms with van der Waals surface area (Å²) in [6.45, 7) is 1.95. The number of benzene rings is 1. The standard InChI is InChI=1S/C10H7BrFNS/c1-6-13-10(5-14-6)8-3-2-7(12)4-9(8)11/h2-5H,1H3. The van der Waals surface area contributed by atoms with Crippen molar-refractivity contribution in [3.8, 4) is 11.3 Å². The number of aromatic nitrogens is 1. The molecule has 0 saturated carbocycles. The van der Waals surface area contributed by atoms with Crippen LogP contribution in [-0.2, 0) is 0 Å². The zero-order chi connectivity index (χ0) is 10.1. The summed E-state index contributed by atoms with van der Waals surface area (Å²) < 4.78 is 13.6. The normalized spacial score (nSPS) is 10.5. The highest BCUT2D eigenvalue weighted by Crippen LogP contribution is 2.29. The van der Waals surface area contributed by atoms with E-state index in [1.807, 2.05) is 12.3 Å². The third-order valence-corrected chi connectivity index (χ3v) is 3.26. The minimum atomic E-state index is -0.243. The summed E-state index contributed by atoms with van der Waals surface area (Å²) in [5.74, 6) is -0.243. The molecule has 1 aromatic carbocycles. The fraction of sp³-hybridized carbons (Fsp3) is 0.100. The van der Waals surface area contributed by atoms with Crippen molar-refractivity contribution in [1.82, 2.24) is 4.98 Å². The maximum atomic E-state index is 12.8. The first-order chi connectivity index (χ1) is 6.66. The molecule has 0 unspecified atom stereocenters. The molecule has 1 heterocycles. The van der Waals surface area contributed by atoms with Crippen molar-refractivity contribution in [1.29, 1.82) is 0 Å². The minimum Gasteiger partial charge on any atom is -0.242 e. The third kappa shape index (κ3) is 1.86. The van der Waals surface area contributed by atoms with Crippen LogP contribution in [0.2, 0.25) is 0 Å². The molecule has 0 saturated heterocycles. The van der Waals surface area contributed by atoms with E-state index < -0.39 is 0 Å². The van der Waals surface area contributed by atoms with Gasteiger partial charge in [0, 0.05) is 15.4 Å². The topological polar surface area (TPSA) is 12.9 Å². The quantitative estimate of drug-likeness (QED) is 0.764. The van der Waals surface area contributed by atoms with Crippen LogP contribution < -0.4 is 0 Å². The van der Waals surface area contributed by atoms with E-state index in [4.69, 9.17) is 0 Å². The van der Waals surface area contributed by atoms with Gasteiger partial charge in [0.1, 0.15) is 5.82 Å². The number of thiazole rings is 1. The van der Waals surface area contributed by atoms with Crippen LogP contribution in [0, 0.1) is 12.7 Å². The van der Waals surface area contributed by atoms with Gasteiger partial charge in [-0.1, -0.05) is 0 Å². The molecule has 0 aliphatic carbocycles. The average Bonchev–Trinajstić information content (AvgIpc) is 2.51. The summed E-state index contributed by atoms with van der Waals surface area (Å²) in [5, 5.41) is 2.98. The summed E-state index contributed by atoms with van der Waals surface area (Å²) in [6, 6.07) is 4.62. The lowest BCUT2D eigenvalue weighted by Crippen LogP contribution is -1.82. The van der Waals surface area contributed by atoms with Crippen molar-refractivity contribution in [2.45, 2.75) is 6.92 Å². The van der Waals surface area contributed by atoms with Crippen LogP contribution in [0.5, 0.6) is 0 Å². The van der Waals surface area contributed by atoms with E-state index in [1.165, 1.54) is 12.1 Å². The van der Waals surface area contributed by atoms with Gasteiger partial charge < -0.3 is 0 Å². The molecule has 0 N–H and O–H groups in total. The SMILES string of the molecule is Cc1nc(-c2ccc(F)cc2Br)cs1. The van der Waals surface area contributed by atoms with E-state index in [0.29, 0.717) is 0 Å². The molecule has 0 radical (unpaired) electrons. The molecule has 0 fully saturated rings. The highest BCUT2D eigenvalue weighted by Gasteiger charge is 2.06. The first-order valence-electron chi connectivity index (χ1n) is 4.04. The molecule has 72 valence electrons. The number of hydrogen-bond donors (Lipinski definition) is 0. The summed E-state index contributed by atoms with van der Waals surface area (Å²) >= 11 is 4.90. The lowest BCUT2D eigenvalue weighted by molar-refractivity contribution is 0.627. The van der Waals surface area contributed by atoms with Gasteiger partial charge in [-0.05, 0) is 41.1 Å². The molecule has 0 aliphatic heterocycles. The predicted molar refractivity (Wildman–Crippen MR) is 59.9 cm³/mol. The molecule has 1 aromatic heterocycles. The second-order valence-electron chi connectivity index (χ2n) is 2.88. The van der Waals surface area contributed by atoms with Crippen molar-refractivity contribution in [2.75, 3.05) is 0 Å². The van der Waals surface area contributed by atoms with Crippen LogP contribution in [-0.4, -0.2) is 4.98 Å². The van der Waals surface area contributed by atoms with Gasteiger partial charge in [-0.25, -0.2) is 9.37 Å². The molecule has 0 bridgehead atoms. The van der Waals surface area contributed by atoms with Crippen LogP contribution in [0.15, 0.2) is 28.1 Å². The Kier molecular flexibility index (Phi) is 2.65. The molecule has 2 rings (SSSR count). The van der Waals surface area contributed by atoms with E-state index in [2.05, 4.69) is 20.9 Å². The Morgan fingerprint density at radius 3 is 2.79 bits per heavy atom. The van der Waals surface area contributed by atoms with Crippen LogP contribution in [0.25, 0.3) is 11.3 Å². The smallest absolute Gasteiger partial charge is 0.124 e. The lowest BCUT2D eigenvalue weighted by atomic mass is 10.2. The molecule has 1 nitrogen and oxygen atoms in total. The van der Waals surface area contributed by atoms with Gasteiger partial charge in [0.15, 0.2) is 0 Å². The van der Waals surface area contributed by atoms with Gasteiger partial charge in [-0.2, -0.15) is 0 Å². The number of halogens is 2. The Bertz CT molecular complexity index is 467. The maximum Gasteiger partial charge on any atom is 0.124 e. The monoisotopic (exact) mass is 271 g/mol. The van der Waals surface area contributed by atoms with Gasteiger partial charge in [0.25, 0.3) is 0 Å². The predicted octanol–water partition coefficient (Wildman–Crippen LogP) is 4.02. The van der Waals surface area contributed by atoms with Gasteiger partial charge in [0.05, 0.1) is 10.7 Å². The first kappa shape index (κ1) is 9.80. The van der Waals surface area contributed by atoms with E-state index >= 15 is 0 Å². The summed E-state index contributed by atoms with van der Waals surface area (Å²) in [7, 11) is 0. The van der Waals surface area contributed by atoms with Crippen LogP contribution in [0.1, 0.15) is 5.01 Å². The van der Waals surface area contributed by atoms with Crippen LogP contribution >= 0.6 is 27.3 Å². The zero-order valence-electron chi connectivity index (χ0n) is 7.42. The van der Waals surface area contributed by atoms with Gasteiger partial charge in [-0.3, -0.25) is 0 Å². The van der Waals surface area contributed by atoms with E-state index in [0.717, 1.165) is 20.7 Å². The fourth-order valence-corrected chi connectivity index (χ4v) is 2.35. The van der Waals surface area contributed by atoms with Crippen molar-refractivity contribution >= 4 is 27.3 Å². The average molecular weight is 272 g/mol. The number of rotatable bonds is 1.